The first-order chi connectivity index (χ1) is 6.20. The SMILES string of the molecule is CCCc1c(N)ccc(C)c1CC. The molecule has 13 heavy (non-hydrogen) atoms. The van der Waals surface area contributed by atoms with Gasteiger partial charge in [0.2, 0.25) is 0 Å². The van der Waals surface area contributed by atoms with E-state index in [1.165, 1.54) is 23.1 Å². The van der Waals surface area contributed by atoms with E-state index in [1.54, 1.807) is 0 Å². The van der Waals surface area contributed by atoms with Crippen molar-refractivity contribution in [3.05, 3.63) is 28.8 Å². The van der Waals surface area contributed by atoms with Crippen LogP contribution in [0.2, 0.25) is 0 Å². The number of nitrogens with two attached hydrogens (primary N) is 1. The first-order valence-electron chi connectivity index (χ1n) is 5.07. The van der Waals surface area contributed by atoms with Crippen LogP contribution < -0.4 is 5.73 Å². The van der Waals surface area contributed by atoms with Crippen LogP contribution in [-0.4, -0.2) is 0 Å². The Morgan fingerprint density at radius 2 is 1.85 bits per heavy atom. The fourth-order valence-corrected chi connectivity index (χ4v) is 1.87. The maximum atomic E-state index is 5.95. The van der Waals surface area contributed by atoms with Gasteiger partial charge in [0.05, 0.1) is 0 Å². The van der Waals surface area contributed by atoms with Crippen molar-refractivity contribution in [2.75, 3.05) is 5.73 Å². The summed E-state index contributed by atoms with van der Waals surface area (Å²) in [6, 6.07) is 4.15. The van der Waals surface area contributed by atoms with Gasteiger partial charge >= 0.3 is 0 Å². The van der Waals surface area contributed by atoms with Gasteiger partial charge in [-0.15, -0.1) is 0 Å². The van der Waals surface area contributed by atoms with E-state index in [9.17, 15) is 0 Å². The molecule has 1 nitrogen and oxygen atoms in total. The fourth-order valence-electron chi connectivity index (χ4n) is 1.87. The number of rotatable bonds is 3. The summed E-state index contributed by atoms with van der Waals surface area (Å²) in [6.07, 6.45) is 3.36. The summed E-state index contributed by atoms with van der Waals surface area (Å²) in [7, 11) is 0. The molecule has 0 aliphatic heterocycles. The molecule has 0 amide bonds. The Morgan fingerprint density at radius 3 is 2.38 bits per heavy atom. The molecule has 2 N–H and O–H groups in total. The average molecular weight is 177 g/mol. The van der Waals surface area contributed by atoms with E-state index in [0.29, 0.717) is 0 Å². The quantitative estimate of drug-likeness (QED) is 0.705. The number of aryl methyl sites for hydroxylation is 1. The van der Waals surface area contributed by atoms with Crippen molar-refractivity contribution in [2.45, 2.75) is 40.0 Å². The lowest BCUT2D eigenvalue weighted by molar-refractivity contribution is 0.897. The molecule has 0 bridgehead atoms. The van der Waals surface area contributed by atoms with Gasteiger partial charge in [0, 0.05) is 5.69 Å². The van der Waals surface area contributed by atoms with Gasteiger partial charge < -0.3 is 5.73 Å². The maximum Gasteiger partial charge on any atom is 0.0349 e. The number of benzene rings is 1. The van der Waals surface area contributed by atoms with E-state index in [1.807, 2.05) is 6.07 Å². The molecule has 0 saturated heterocycles. The van der Waals surface area contributed by atoms with E-state index in [2.05, 4.69) is 26.8 Å². The summed E-state index contributed by atoms with van der Waals surface area (Å²) < 4.78 is 0. The van der Waals surface area contributed by atoms with Crippen LogP contribution in [0.25, 0.3) is 0 Å². The molecular weight excluding hydrogens is 158 g/mol. The summed E-state index contributed by atoms with van der Waals surface area (Å²) >= 11 is 0. The van der Waals surface area contributed by atoms with Gasteiger partial charge in [-0.05, 0) is 42.5 Å². The molecule has 72 valence electrons. The topological polar surface area (TPSA) is 26.0 Å². The third-order valence-corrected chi connectivity index (χ3v) is 2.56. The second kappa shape index (κ2) is 4.31. The second-order valence-corrected chi connectivity index (χ2v) is 3.53. The number of anilines is 1. The largest absolute Gasteiger partial charge is 0.398 e. The van der Waals surface area contributed by atoms with E-state index in [0.717, 1.165) is 18.5 Å². The van der Waals surface area contributed by atoms with Gasteiger partial charge in [-0.3, -0.25) is 0 Å². The molecule has 0 aromatic heterocycles. The normalized spacial score (nSPS) is 10.4. The van der Waals surface area contributed by atoms with Crippen LogP contribution in [-0.2, 0) is 12.8 Å². The standard InChI is InChI=1S/C12H19N/c1-4-6-11-10(5-2)9(3)7-8-12(11)13/h7-8H,4-6,13H2,1-3H3. The summed E-state index contributed by atoms with van der Waals surface area (Å²) in [5.74, 6) is 0. The van der Waals surface area contributed by atoms with Crippen molar-refractivity contribution in [3.63, 3.8) is 0 Å². The molecule has 1 rings (SSSR count). The van der Waals surface area contributed by atoms with Crippen molar-refractivity contribution >= 4 is 5.69 Å². The lowest BCUT2D eigenvalue weighted by Gasteiger charge is -2.12. The van der Waals surface area contributed by atoms with Crippen LogP contribution in [0.3, 0.4) is 0 Å². The van der Waals surface area contributed by atoms with E-state index in [4.69, 9.17) is 5.73 Å². The van der Waals surface area contributed by atoms with Gasteiger partial charge in [0.15, 0.2) is 0 Å². The highest BCUT2D eigenvalue weighted by Crippen LogP contribution is 2.22. The first-order valence-corrected chi connectivity index (χ1v) is 5.07. The molecule has 0 atom stereocenters. The molecule has 0 unspecified atom stereocenters. The Kier molecular flexibility index (Phi) is 3.35. The van der Waals surface area contributed by atoms with Crippen molar-refractivity contribution in [1.82, 2.24) is 0 Å². The third kappa shape index (κ3) is 2.03. The van der Waals surface area contributed by atoms with E-state index < -0.39 is 0 Å². The predicted molar refractivity (Wildman–Crippen MR) is 59.0 cm³/mol. The van der Waals surface area contributed by atoms with Crippen LogP contribution in [0.4, 0.5) is 5.69 Å². The number of nitrogen functional groups attached to an aromatic ring is 1. The Balaban J connectivity index is 3.18. The number of hydrogen-bond acceptors (Lipinski definition) is 1. The zero-order valence-electron chi connectivity index (χ0n) is 8.85. The smallest absolute Gasteiger partial charge is 0.0349 e. The van der Waals surface area contributed by atoms with Crippen molar-refractivity contribution in [3.8, 4) is 0 Å². The molecule has 1 aromatic carbocycles. The third-order valence-electron chi connectivity index (χ3n) is 2.56. The number of hydrogen-bond donors (Lipinski definition) is 1. The summed E-state index contributed by atoms with van der Waals surface area (Å²) in [6.45, 7) is 6.56. The molecule has 0 spiro atoms. The highest BCUT2D eigenvalue weighted by molar-refractivity contribution is 5.53. The van der Waals surface area contributed by atoms with Gasteiger partial charge in [-0.25, -0.2) is 0 Å². The first kappa shape index (κ1) is 10.1. The lowest BCUT2D eigenvalue weighted by Crippen LogP contribution is -2.01. The molecule has 0 radical (unpaired) electrons. The van der Waals surface area contributed by atoms with Crippen LogP contribution in [0.15, 0.2) is 12.1 Å². The molecule has 0 aliphatic rings. The van der Waals surface area contributed by atoms with E-state index >= 15 is 0 Å². The molecule has 1 heteroatoms. The summed E-state index contributed by atoms with van der Waals surface area (Å²) in [5, 5.41) is 0. The van der Waals surface area contributed by atoms with Crippen molar-refractivity contribution < 1.29 is 0 Å². The molecule has 0 fully saturated rings. The van der Waals surface area contributed by atoms with Gasteiger partial charge in [-0.2, -0.15) is 0 Å². The molecule has 0 heterocycles. The Bertz CT molecular complexity index is 289. The second-order valence-electron chi connectivity index (χ2n) is 3.53. The molecular formula is C12H19N. The highest BCUT2D eigenvalue weighted by atomic mass is 14.6. The molecule has 1 aromatic rings. The Morgan fingerprint density at radius 1 is 1.15 bits per heavy atom. The van der Waals surface area contributed by atoms with Gasteiger partial charge in [-0.1, -0.05) is 26.3 Å². The lowest BCUT2D eigenvalue weighted by atomic mass is 9.95. The van der Waals surface area contributed by atoms with Crippen molar-refractivity contribution in [2.24, 2.45) is 0 Å². The maximum absolute atomic E-state index is 5.95. The fraction of sp³-hybridized carbons (Fsp3) is 0.500. The monoisotopic (exact) mass is 177 g/mol. The highest BCUT2D eigenvalue weighted by Gasteiger charge is 2.06. The van der Waals surface area contributed by atoms with Crippen LogP contribution in [0.1, 0.15) is 37.0 Å². The van der Waals surface area contributed by atoms with Crippen LogP contribution >= 0.6 is 0 Å². The Labute approximate surface area is 81.0 Å². The minimum Gasteiger partial charge on any atom is -0.398 e. The van der Waals surface area contributed by atoms with Gasteiger partial charge in [0.25, 0.3) is 0 Å². The van der Waals surface area contributed by atoms with Crippen LogP contribution in [0.5, 0.6) is 0 Å². The van der Waals surface area contributed by atoms with Crippen LogP contribution in [0, 0.1) is 6.92 Å². The molecule has 0 aliphatic carbocycles. The minimum absolute atomic E-state index is 0.962. The predicted octanol–water partition coefficient (Wildman–Crippen LogP) is 3.09. The summed E-state index contributed by atoms with van der Waals surface area (Å²) in [5.41, 5.74) is 11.1. The molecule has 0 saturated carbocycles. The van der Waals surface area contributed by atoms with Gasteiger partial charge in [0.1, 0.15) is 0 Å². The Hall–Kier alpha value is -0.980. The minimum atomic E-state index is 0.962. The summed E-state index contributed by atoms with van der Waals surface area (Å²) in [4.78, 5) is 0. The zero-order chi connectivity index (χ0) is 9.84. The van der Waals surface area contributed by atoms with E-state index in [-0.39, 0.29) is 0 Å². The van der Waals surface area contributed by atoms with Crippen molar-refractivity contribution in [1.29, 1.82) is 0 Å². The average Bonchev–Trinajstić information content (AvgIpc) is 2.12. The zero-order valence-corrected chi connectivity index (χ0v) is 8.85.